The molecular formula is C12H18Br2N4. The number of nitrogens with zero attached hydrogens (tertiary/aromatic N) is 3. The first-order valence-electron chi connectivity index (χ1n) is 5.50. The van der Waals surface area contributed by atoms with Gasteiger partial charge in [0.15, 0.2) is 5.96 Å². The summed E-state index contributed by atoms with van der Waals surface area (Å²) in [6.45, 7) is 5.24. The molecule has 0 fully saturated rings. The van der Waals surface area contributed by atoms with E-state index in [1.807, 2.05) is 20.3 Å². The van der Waals surface area contributed by atoms with E-state index in [0.717, 1.165) is 21.5 Å². The lowest BCUT2D eigenvalue weighted by Crippen LogP contribution is -2.39. The third-order valence-electron chi connectivity index (χ3n) is 2.49. The predicted octanol–water partition coefficient (Wildman–Crippen LogP) is 2.70. The zero-order valence-electron chi connectivity index (χ0n) is 10.9. The van der Waals surface area contributed by atoms with Crippen LogP contribution in [0.1, 0.15) is 5.69 Å². The average Bonchev–Trinajstić information content (AvgIpc) is 2.57. The van der Waals surface area contributed by atoms with Crippen LogP contribution in [-0.2, 0) is 13.6 Å². The quantitative estimate of drug-likeness (QED) is 0.646. The molecule has 0 amide bonds. The Morgan fingerprint density at radius 1 is 1.61 bits per heavy atom. The molecule has 4 nitrogen and oxygen atoms in total. The van der Waals surface area contributed by atoms with Crippen LogP contribution in [0, 0.1) is 0 Å². The van der Waals surface area contributed by atoms with Gasteiger partial charge < -0.3 is 14.8 Å². The normalized spacial score (nSPS) is 11.5. The standard InChI is InChI=1S/C12H18Br2N4/c1-9(13)6-16-12(15-2)18(4)8-11-5-10(14)7-17(11)3/h5,7H,1,6,8H2,2-4H3,(H,15,16). The summed E-state index contributed by atoms with van der Waals surface area (Å²) in [4.78, 5) is 6.31. The Hall–Kier alpha value is -0.750. The third kappa shape index (κ3) is 4.49. The molecule has 1 rings (SSSR count). The highest BCUT2D eigenvalue weighted by molar-refractivity contribution is 9.11. The molecule has 18 heavy (non-hydrogen) atoms. The molecule has 0 atom stereocenters. The summed E-state index contributed by atoms with van der Waals surface area (Å²) in [6.07, 6.45) is 2.04. The number of nitrogens with one attached hydrogen (secondary N) is 1. The summed E-state index contributed by atoms with van der Waals surface area (Å²) < 4.78 is 4.08. The molecule has 1 N–H and O–H groups in total. The van der Waals surface area contributed by atoms with Gasteiger partial charge in [-0.1, -0.05) is 22.5 Å². The largest absolute Gasteiger partial charge is 0.352 e. The average molecular weight is 378 g/mol. The second-order valence-corrected chi connectivity index (χ2v) is 6.07. The van der Waals surface area contributed by atoms with E-state index in [1.165, 1.54) is 5.69 Å². The van der Waals surface area contributed by atoms with Crippen LogP contribution in [-0.4, -0.2) is 36.1 Å². The van der Waals surface area contributed by atoms with Gasteiger partial charge >= 0.3 is 0 Å². The van der Waals surface area contributed by atoms with Crippen LogP contribution >= 0.6 is 31.9 Å². The molecule has 0 aliphatic carbocycles. The van der Waals surface area contributed by atoms with Gasteiger partial charge in [-0.15, -0.1) is 0 Å². The number of rotatable bonds is 4. The van der Waals surface area contributed by atoms with Crippen molar-refractivity contribution in [1.29, 1.82) is 0 Å². The van der Waals surface area contributed by atoms with Crippen molar-refractivity contribution < 1.29 is 0 Å². The van der Waals surface area contributed by atoms with E-state index in [1.54, 1.807) is 7.05 Å². The molecule has 0 saturated heterocycles. The Balaban J connectivity index is 2.65. The van der Waals surface area contributed by atoms with Gasteiger partial charge in [0.05, 0.1) is 6.54 Å². The minimum Gasteiger partial charge on any atom is -0.352 e. The van der Waals surface area contributed by atoms with E-state index in [-0.39, 0.29) is 0 Å². The van der Waals surface area contributed by atoms with Gasteiger partial charge in [-0.2, -0.15) is 0 Å². The number of halogens is 2. The number of guanidine groups is 1. The summed E-state index contributed by atoms with van der Waals surface area (Å²) in [6, 6.07) is 2.10. The summed E-state index contributed by atoms with van der Waals surface area (Å²) >= 11 is 6.80. The fourth-order valence-corrected chi connectivity index (χ4v) is 2.31. The monoisotopic (exact) mass is 376 g/mol. The van der Waals surface area contributed by atoms with E-state index in [4.69, 9.17) is 0 Å². The Morgan fingerprint density at radius 2 is 2.28 bits per heavy atom. The van der Waals surface area contributed by atoms with Crippen molar-refractivity contribution in [1.82, 2.24) is 14.8 Å². The van der Waals surface area contributed by atoms with E-state index >= 15 is 0 Å². The van der Waals surface area contributed by atoms with E-state index in [0.29, 0.717) is 6.54 Å². The number of hydrogen-bond acceptors (Lipinski definition) is 1. The molecule has 0 bridgehead atoms. The highest BCUT2D eigenvalue weighted by Crippen LogP contribution is 2.14. The van der Waals surface area contributed by atoms with Crippen molar-refractivity contribution in [2.75, 3.05) is 20.6 Å². The van der Waals surface area contributed by atoms with Crippen molar-refractivity contribution >= 4 is 37.8 Å². The Morgan fingerprint density at radius 3 is 2.72 bits per heavy atom. The predicted molar refractivity (Wildman–Crippen MR) is 84.0 cm³/mol. The molecule has 0 aliphatic heterocycles. The molecule has 0 aromatic carbocycles. The van der Waals surface area contributed by atoms with Crippen LogP contribution in [0.3, 0.4) is 0 Å². The molecule has 0 aliphatic rings. The topological polar surface area (TPSA) is 32.6 Å². The first-order chi connectivity index (χ1) is 8.43. The molecule has 1 aromatic rings. The van der Waals surface area contributed by atoms with Crippen LogP contribution in [0.25, 0.3) is 0 Å². The molecule has 0 radical (unpaired) electrons. The first kappa shape index (κ1) is 15.3. The number of aromatic nitrogens is 1. The summed E-state index contributed by atoms with van der Waals surface area (Å²) in [5.41, 5.74) is 1.21. The van der Waals surface area contributed by atoms with Gasteiger partial charge in [0.2, 0.25) is 0 Å². The smallest absolute Gasteiger partial charge is 0.194 e. The first-order valence-corrected chi connectivity index (χ1v) is 7.08. The van der Waals surface area contributed by atoms with Crippen LogP contribution in [0.15, 0.2) is 32.8 Å². The molecule has 0 unspecified atom stereocenters. The lowest BCUT2D eigenvalue weighted by atomic mass is 10.4. The minimum atomic E-state index is 0.661. The van der Waals surface area contributed by atoms with Crippen molar-refractivity contribution in [3.8, 4) is 0 Å². The van der Waals surface area contributed by atoms with E-state index in [2.05, 4.69) is 64.3 Å². The SMILES string of the molecule is C=C(Br)CNC(=NC)N(C)Cc1cc(Br)cn1C. The molecule has 1 aromatic heterocycles. The van der Waals surface area contributed by atoms with Crippen LogP contribution in [0.2, 0.25) is 0 Å². The number of hydrogen-bond donors (Lipinski definition) is 1. The van der Waals surface area contributed by atoms with Gasteiger partial charge in [0.1, 0.15) is 0 Å². The molecular weight excluding hydrogens is 360 g/mol. The van der Waals surface area contributed by atoms with Crippen molar-refractivity contribution in [3.63, 3.8) is 0 Å². The zero-order valence-corrected chi connectivity index (χ0v) is 14.0. The molecule has 1 heterocycles. The van der Waals surface area contributed by atoms with Crippen LogP contribution in [0.5, 0.6) is 0 Å². The van der Waals surface area contributed by atoms with Gasteiger partial charge in [0, 0.05) is 48.5 Å². The van der Waals surface area contributed by atoms with Crippen molar-refractivity contribution in [2.24, 2.45) is 12.0 Å². The molecule has 0 spiro atoms. The molecule has 6 heteroatoms. The lowest BCUT2D eigenvalue weighted by Gasteiger charge is -2.22. The third-order valence-corrected chi connectivity index (χ3v) is 3.20. The maximum absolute atomic E-state index is 4.24. The van der Waals surface area contributed by atoms with Gasteiger partial charge in [-0.3, -0.25) is 4.99 Å². The molecule has 100 valence electrons. The number of aryl methyl sites for hydroxylation is 1. The minimum absolute atomic E-state index is 0.661. The summed E-state index contributed by atoms with van der Waals surface area (Å²) in [5, 5.41) is 3.22. The maximum atomic E-state index is 4.24. The van der Waals surface area contributed by atoms with Gasteiger partial charge in [-0.25, -0.2) is 0 Å². The lowest BCUT2D eigenvalue weighted by molar-refractivity contribution is 0.465. The fourth-order valence-electron chi connectivity index (χ4n) is 1.60. The van der Waals surface area contributed by atoms with Crippen LogP contribution in [0.4, 0.5) is 0 Å². The van der Waals surface area contributed by atoms with Crippen LogP contribution < -0.4 is 5.32 Å². The fraction of sp³-hybridized carbons (Fsp3) is 0.417. The maximum Gasteiger partial charge on any atom is 0.194 e. The Kier molecular flexibility index (Phi) is 5.95. The van der Waals surface area contributed by atoms with Gasteiger partial charge in [0.25, 0.3) is 0 Å². The van der Waals surface area contributed by atoms with Crippen molar-refractivity contribution in [3.05, 3.63) is 33.5 Å². The second kappa shape index (κ2) is 6.99. The summed E-state index contributed by atoms with van der Waals surface area (Å²) in [7, 11) is 5.81. The zero-order chi connectivity index (χ0) is 13.7. The highest BCUT2D eigenvalue weighted by Gasteiger charge is 2.09. The number of aliphatic imine (C=N–C) groups is 1. The highest BCUT2D eigenvalue weighted by atomic mass is 79.9. The van der Waals surface area contributed by atoms with Crippen molar-refractivity contribution in [2.45, 2.75) is 6.54 Å². The Bertz CT molecular complexity index is 451. The van der Waals surface area contributed by atoms with Gasteiger partial charge in [-0.05, 0) is 22.0 Å². The van der Waals surface area contributed by atoms with E-state index < -0.39 is 0 Å². The Labute approximate surface area is 125 Å². The summed E-state index contributed by atoms with van der Waals surface area (Å²) in [5.74, 6) is 0.841. The second-order valence-electron chi connectivity index (χ2n) is 4.03. The molecule has 0 saturated carbocycles. The van der Waals surface area contributed by atoms with E-state index in [9.17, 15) is 0 Å².